The number of carboxylic acid groups (broad SMARTS) is 1. The second kappa shape index (κ2) is 11.0. The first kappa shape index (κ1) is 27.0. The number of carbonyl (C=O) groups is 1. The summed E-state index contributed by atoms with van der Waals surface area (Å²) in [6, 6.07) is 12.6. The first-order chi connectivity index (χ1) is 13.5. The van der Waals surface area contributed by atoms with Crippen molar-refractivity contribution in [2.24, 2.45) is 5.41 Å². The maximum absolute atomic E-state index is 11.1. The molecule has 6 heteroatoms. The predicted octanol–water partition coefficient (Wildman–Crippen LogP) is 1.60. The zero-order chi connectivity index (χ0) is 21.8. The summed E-state index contributed by atoms with van der Waals surface area (Å²) in [4.78, 5) is 11.1. The van der Waals surface area contributed by atoms with Gasteiger partial charge in [-0.25, -0.2) is 0 Å². The third-order valence-corrected chi connectivity index (χ3v) is 6.06. The number of hydrogen-bond donors (Lipinski definition) is 1. The van der Waals surface area contributed by atoms with Gasteiger partial charge in [0, 0.05) is 5.41 Å². The van der Waals surface area contributed by atoms with Crippen molar-refractivity contribution in [2.75, 3.05) is 6.61 Å². The second-order valence-corrected chi connectivity index (χ2v) is 8.90. The van der Waals surface area contributed by atoms with Crippen molar-refractivity contribution >= 4 is 17.6 Å². The van der Waals surface area contributed by atoms with Crippen molar-refractivity contribution in [3.63, 3.8) is 0 Å². The van der Waals surface area contributed by atoms with Gasteiger partial charge in [0.1, 0.15) is 12.4 Å². The Morgan fingerprint density at radius 2 is 1.60 bits per heavy atom. The molecule has 0 amide bonds. The van der Waals surface area contributed by atoms with E-state index in [1.54, 1.807) is 12.1 Å². The molecule has 2 aromatic carbocycles. The van der Waals surface area contributed by atoms with Gasteiger partial charge in [-0.3, -0.25) is 0 Å². The average Bonchev–Trinajstić information content (AvgIpc) is 2.68. The molecule has 2 aromatic rings. The van der Waals surface area contributed by atoms with E-state index in [2.05, 4.69) is 13.8 Å². The maximum Gasteiger partial charge on any atom is 1.00 e. The fourth-order valence-corrected chi connectivity index (χ4v) is 3.73. The van der Waals surface area contributed by atoms with Gasteiger partial charge in [0.05, 0.1) is 17.1 Å². The van der Waals surface area contributed by atoms with Crippen molar-refractivity contribution < 1.29 is 49.3 Å². The monoisotopic (exact) mass is 440 g/mol. The first-order valence-electron chi connectivity index (χ1n) is 9.98. The molecule has 0 radical (unpaired) electrons. The number of carbonyl (C=O) groups excluding carboxylic acids is 1. The van der Waals surface area contributed by atoms with Crippen LogP contribution in [0, 0.1) is 5.41 Å². The second-order valence-electron chi connectivity index (χ2n) is 8.49. The van der Waals surface area contributed by atoms with Gasteiger partial charge in [0.25, 0.3) is 0 Å². The molecule has 2 rings (SSSR count). The molecule has 1 atom stereocenters. The van der Waals surface area contributed by atoms with Gasteiger partial charge in [-0.1, -0.05) is 76.6 Å². The van der Waals surface area contributed by atoms with Crippen LogP contribution in [0.15, 0.2) is 42.5 Å². The Morgan fingerprint density at radius 1 is 1.07 bits per heavy atom. The number of aromatic carboxylic acids is 1. The summed E-state index contributed by atoms with van der Waals surface area (Å²) in [6.45, 7) is 10.2. The van der Waals surface area contributed by atoms with E-state index in [1.165, 1.54) is 0 Å². The molecule has 1 N–H and O–H groups in total. The minimum absolute atomic E-state index is 0. The van der Waals surface area contributed by atoms with Crippen LogP contribution in [0.2, 0.25) is 5.02 Å². The Kier molecular flexibility index (Phi) is 9.91. The van der Waals surface area contributed by atoms with Gasteiger partial charge in [0.15, 0.2) is 0 Å². The number of rotatable bonds is 8. The van der Waals surface area contributed by atoms with Crippen LogP contribution in [0.3, 0.4) is 0 Å². The minimum Gasteiger partial charge on any atom is -0.545 e. The van der Waals surface area contributed by atoms with Crippen LogP contribution in [-0.2, 0) is 5.41 Å². The van der Waals surface area contributed by atoms with Gasteiger partial charge in [-0.15, -0.1) is 0 Å². The van der Waals surface area contributed by atoms with Crippen molar-refractivity contribution in [3.05, 3.63) is 64.2 Å². The zero-order valence-corrected chi connectivity index (χ0v) is 21.5. The van der Waals surface area contributed by atoms with Crippen molar-refractivity contribution in [2.45, 2.75) is 59.0 Å². The molecule has 158 valence electrons. The van der Waals surface area contributed by atoms with Crippen LogP contribution in [0.5, 0.6) is 5.75 Å². The van der Waals surface area contributed by atoms with E-state index in [4.69, 9.17) is 16.3 Å². The van der Waals surface area contributed by atoms with Crippen LogP contribution in [0.4, 0.5) is 0 Å². The van der Waals surface area contributed by atoms with Crippen molar-refractivity contribution in [1.29, 1.82) is 0 Å². The van der Waals surface area contributed by atoms with Gasteiger partial charge < -0.3 is 19.7 Å². The summed E-state index contributed by atoms with van der Waals surface area (Å²) in [7, 11) is 0. The summed E-state index contributed by atoms with van der Waals surface area (Å²) in [5, 5.41) is 21.7. The fraction of sp³-hybridized carbons (Fsp3) is 0.458. The summed E-state index contributed by atoms with van der Waals surface area (Å²) in [5.74, 6) is -0.649. The standard InChI is InChI=1S/C24H31ClO4.Na/c1-6-24(7-2,17-10-8-16(9-11-17)22(27)28)18-12-13-20(19(25)14-18)29-15-21(26)23(3,4)5;/h8-14,21,26H,6-7,15H2,1-5H3,(H,27,28);/q;+1/p-1. The maximum atomic E-state index is 11.1. The summed E-state index contributed by atoms with van der Waals surface area (Å²) >= 11 is 6.51. The molecular formula is C24H30ClNaO4. The summed E-state index contributed by atoms with van der Waals surface area (Å²) < 4.78 is 5.75. The number of benzene rings is 2. The van der Waals surface area contributed by atoms with E-state index in [0.29, 0.717) is 10.8 Å². The Hall–Kier alpha value is -1.04. The molecule has 0 bridgehead atoms. The molecule has 0 saturated carbocycles. The molecule has 0 heterocycles. The Balaban J connectivity index is 0.00000450. The molecule has 1 unspecified atom stereocenters. The van der Waals surface area contributed by atoms with Crippen LogP contribution < -0.4 is 39.4 Å². The summed E-state index contributed by atoms with van der Waals surface area (Å²) in [6.07, 6.45) is 1.05. The van der Waals surface area contributed by atoms with E-state index in [1.807, 2.05) is 51.1 Å². The molecule has 0 spiro atoms. The van der Waals surface area contributed by atoms with Gasteiger partial charge in [-0.05, 0) is 47.1 Å². The van der Waals surface area contributed by atoms with Gasteiger partial charge >= 0.3 is 29.6 Å². The van der Waals surface area contributed by atoms with Crippen molar-refractivity contribution in [1.82, 2.24) is 0 Å². The fourth-order valence-electron chi connectivity index (χ4n) is 3.49. The molecule has 4 nitrogen and oxygen atoms in total. The molecule has 30 heavy (non-hydrogen) atoms. The van der Waals surface area contributed by atoms with E-state index in [9.17, 15) is 15.0 Å². The number of aliphatic hydroxyl groups excluding tert-OH is 1. The van der Waals surface area contributed by atoms with E-state index < -0.39 is 12.1 Å². The number of halogens is 1. The average molecular weight is 441 g/mol. The molecule has 0 saturated heterocycles. The summed E-state index contributed by atoms with van der Waals surface area (Å²) in [5.41, 5.74) is 1.66. The van der Waals surface area contributed by atoms with Gasteiger partial charge in [-0.2, -0.15) is 0 Å². The first-order valence-corrected chi connectivity index (χ1v) is 10.4. The smallest absolute Gasteiger partial charge is 0.545 e. The third-order valence-electron chi connectivity index (χ3n) is 5.76. The largest absolute Gasteiger partial charge is 1.00 e. The Morgan fingerprint density at radius 3 is 2.03 bits per heavy atom. The quantitative estimate of drug-likeness (QED) is 0.633. The van der Waals surface area contributed by atoms with E-state index >= 15 is 0 Å². The van der Waals surface area contributed by atoms with Crippen molar-refractivity contribution in [3.8, 4) is 5.75 Å². The molecular weight excluding hydrogens is 411 g/mol. The van der Waals surface area contributed by atoms with Crippen LogP contribution in [-0.4, -0.2) is 23.8 Å². The SMILES string of the molecule is CCC(CC)(c1ccc(C(=O)[O-])cc1)c1ccc(OCC(O)C(C)(C)C)c(Cl)c1.[Na+]. The zero-order valence-electron chi connectivity index (χ0n) is 18.8. The predicted molar refractivity (Wildman–Crippen MR) is 115 cm³/mol. The molecule has 0 fully saturated rings. The minimum atomic E-state index is -1.18. The number of hydrogen-bond acceptors (Lipinski definition) is 4. The topological polar surface area (TPSA) is 69.6 Å². The number of ether oxygens (including phenoxy) is 1. The van der Waals surface area contributed by atoms with E-state index in [0.717, 1.165) is 24.0 Å². The van der Waals surface area contributed by atoms with E-state index in [-0.39, 0.29) is 52.6 Å². The molecule has 0 aromatic heterocycles. The van der Waals surface area contributed by atoms with Crippen LogP contribution >= 0.6 is 11.6 Å². The van der Waals surface area contributed by atoms with Crippen LogP contribution in [0.25, 0.3) is 0 Å². The third kappa shape index (κ3) is 6.02. The van der Waals surface area contributed by atoms with Crippen LogP contribution in [0.1, 0.15) is 68.9 Å². The molecule has 0 aliphatic carbocycles. The van der Waals surface area contributed by atoms with Gasteiger partial charge in [0.2, 0.25) is 0 Å². The Labute approximate surface area is 206 Å². The number of aliphatic hydroxyl groups is 1. The normalized spacial score (nSPS) is 12.8. The molecule has 0 aliphatic rings. The molecule has 0 aliphatic heterocycles. The Bertz CT molecular complexity index is 839. The number of carboxylic acids is 1.